The Morgan fingerprint density at radius 1 is 1.12 bits per heavy atom. The molecule has 1 aromatic carbocycles. The van der Waals surface area contributed by atoms with Gasteiger partial charge in [0.15, 0.2) is 6.10 Å². The van der Waals surface area contributed by atoms with Gasteiger partial charge in [0, 0.05) is 11.6 Å². The van der Waals surface area contributed by atoms with E-state index in [-0.39, 0.29) is 26.2 Å². The van der Waals surface area contributed by atoms with Gasteiger partial charge in [-0.15, -0.1) is 0 Å². The van der Waals surface area contributed by atoms with Crippen molar-refractivity contribution in [3.05, 3.63) is 24.4 Å². The van der Waals surface area contributed by atoms with Gasteiger partial charge in [0.2, 0.25) is 0 Å². The summed E-state index contributed by atoms with van der Waals surface area (Å²) in [5.41, 5.74) is -1.68. The molecule has 0 radical (unpaired) electrons. The van der Waals surface area contributed by atoms with Crippen molar-refractivity contribution in [3.63, 3.8) is 0 Å². The Hall–Kier alpha value is -2.85. The lowest BCUT2D eigenvalue weighted by atomic mass is 9.95. The van der Waals surface area contributed by atoms with Crippen LogP contribution in [0.15, 0.2) is 24.4 Å². The third-order valence-electron chi connectivity index (χ3n) is 4.69. The predicted octanol–water partition coefficient (Wildman–Crippen LogP) is 2.10. The van der Waals surface area contributed by atoms with Crippen LogP contribution in [-0.2, 0) is 20.8 Å². The Labute approximate surface area is 193 Å². The molecule has 3 rings (SSSR count). The second kappa shape index (κ2) is 8.83. The van der Waals surface area contributed by atoms with Crippen molar-refractivity contribution >= 4 is 23.0 Å². The highest BCUT2D eigenvalue weighted by Crippen LogP contribution is 2.27. The topological polar surface area (TPSA) is 123 Å². The van der Waals surface area contributed by atoms with Crippen molar-refractivity contribution in [1.29, 1.82) is 0 Å². The van der Waals surface area contributed by atoms with E-state index in [2.05, 4.69) is 5.10 Å². The number of rotatable bonds is 6. The molecule has 1 fully saturated rings. The third-order valence-corrected chi connectivity index (χ3v) is 4.69. The molecule has 1 unspecified atom stereocenters. The smallest absolute Gasteiger partial charge is 0.410 e. The first-order valence-corrected chi connectivity index (χ1v) is 10.8. The minimum atomic E-state index is -1.40. The standard InChI is InChI=1S/C23H33N3O7/c1-21(2,3)32-19(28)18(27)11-31-16-7-8-17-15(9-16)10-26(24-17)14-23(30)12-25(13-23)20(29)33-22(4,5)6/h7-10,18,27,30H,11-14H2,1-6H3. The molecule has 1 saturated heterocycles. The molecule has 0 spiro atoms. The van der Waals surface area contributed by atoms with Gasteiger partial charge in [-0.2, -0.15) is 5.10 Å². The van der Waals surface area contributed by atoms with Gasteiger partial charge in [-0.3, -0.25) is 4.68 Å². The number of β-amino-alcohol motifs (C(OH)–C–C–N with tert-alkyl or cyclic N) is 1. The van der Waals surface area contributed by atoms with Crippen molar-refractivity contribution in [2.45, 2.75) is 71.0 Å². The predicted molar refractivity (Wildman–Crippen MR) is 120 cm³/mol. The molecular weight excluding hydrogens is 430 g/mol. The quantitative estimate of drug-likeness (QED) is 0.625. The number of nitrogens with zero attached hydrogens (tertiary/aromatic N) is 3. The fourth-order valence-electron chi connectivity index (χ4n) is 3.36. The summed E-state index contributed by atoms with van der Waals surface area (Å²) in [4.78, 5) is 25.4. The van der Waals surface area contributed by atoms with E-state index in [1.807, 2.05) is 0 Å². The molecule has 2 heterocycles. The van der Waals surface area contributed by atoms with E-state index in [9.17, 15) is 19.8 Å². The van der Waals surface area contributed by atoms with Gasteiger partial charge < -0.3 is 29.3 Å². The molecule has 1 amide bonds. The summed E-state index contributed by atoms with van der Waals surface area (Å²) in [6.45, 7) is 10.8. The third kappa shape index (κ3) is 6.82. The number of esters is 1. The zero-order chi connectivity index (χ0) is 24.6. The molecular formula is C23H33N3O7. The Balaban J connectivity index is 1.56. The molecule has 1 aliphatic rings. The van der Waals surface area contributed by atoms with E-state index in [0.29, 0.717) is 11.3 Å². The van der Waals surface area contributed by atoms with Crippen LogP contribution in [0.3, 0.4) is 0 Å². The Morgan fingerprint density at radius 2 is 1.76 bits per heavy atom. The molecule has 33 heavy (non-hydrogen) atoms. The SMILES string of the molecule is CC(C)(C)OC(=O)C(O)COc1ccc2nn(CC3(O)CN(C(=O)OC(C)(C)C)C3)cc2c1. The highest BCUT2D eigenvalue weighted by atomic mass is 16.6. The van der Waals surface area contributed by atoms with Gasteiger partial charge in [0.1, 0.15) is 29.2 Å². The number of hydrogen-bond donors (Lipinski definition) is 2. The summed E-state index contributed by atoms with van der Waals surface area (Å²) in [6, 6.07) is 5.17. The van der Waals surface area contributed by atoms with Crippen molar-refractivity contribution in [2.75, 3.05) is 19.7 Å². The second-order valence-electron chi connectivity index (χ2n) is 10.5. The number of aromatic nitrogens is 2. The number of hydrogen-bond acceptors (Lipinski definition) is 8. The maximum absolute atomic E-state index is 12.1. The molecule has 1 aliphatic heterocycles. The fourth-order valence-corrected chi connectivity index (χ4v) is 3.36. The molecule has 0 aliphatic carbocycles. The van der Waals surface area contributed by atoms with Gasteiger partial charge >= 0.3 is 12.1 Å². The summed E-state index contributed by atoms with van der Waals surface area (Å²) >= 11 is 0. The minimum absolute atomic E-state index is 0.162. The highest BCUT2D eigenvalue weighted by molar-refractivity contribution is 5.79. The van der Waals surface area contributed by atoms with Crippen LogP contribution in [-0.4, -0.2) is 79.6 Å². The van der Waals surface area contributed by atoms with Crippen LogP contribution in [0.5, 0.6) is 5.75 Å². The molecule has 2 N–H and O–H groups in total. The minimum Gasteiger partial charge on any atom is -0.490 e. The lowest BCUT2D eigenvalue weighted by Gasteiger charge is -2.46. The van der Waals surface area contributed by atoms with Gasteiger partial charge in [-0.1, -0.05) is 0 Å². The first kappa shape index (κ1) is 24.8. The van der Waals surface area contributed by atoms with Gasteiger partial charge in [-0.05, 0) is 59.7 Å². The number of ether oxygens (including phenoxy) is 3. The summed E-state index contributed by atoms with van der Waals surface area (Å²) in [7, 11) is 0. The maximum Gasteiger partial charge on any atom is 0.410 e. The number of aliphatic hydroxyl groups is 2. The maximum atomic E-state index is 12.1. The van der Waals surface area contributed by atoms with E-state index < -0.39 is 35.0 Å². The average Bonchev–Trinajstić information content (AvgIpc) is 3.02. The van der Waals surface area contributed by atoms with Crippen LogP contribution in [0.4, 0.5) is 4.79 Å². The zero-order valence-electron chi connectivity index (χ0n) is 20.0. The van der Waals surface area contributed by atoms with Crippen LogP contribution in [0.1, 0.15) is 41.5 Å². The molecule has 10 heteroatoms. The largest absolute Gasteiger partial charge is 0.490 e. The Bertz CT molecular complexity index is 1010. The lowest BCUT2D eigenvalue weighted by molar-refractivity contribution is -0.166. The van der Waals surface area contributed by atoms with Crippen LogP contribution in [0, 0.1) is 0 Å². The van der Waals surface area contributed by atoms with Crippen LogP contribution in [0.2, 0.25) is 0 Å². The van der Waals surface area contributed by atoms with E-state index in [1.54, 1.807) is 70.6 Å². The molecule has 0 saturated carbocycles. The lowest BCUT2D eigenvalue weighted by Crippen LogP contribution is -2.65. The molecule has 10 nitrogen and oxygen atoms in total. The number of amides is 1. The van der Waals surface area contributed by atoms with Crippen molar-refractivity contribution in [1.82, 2.24) is 14.7 Å². The Kier molecular flexibility index (Phi) is 6.63. The van der Waals surface area contributed by atoms with Crippen molar-refractivity contribution < 1.29 is 34.0 Å². The number of fused-ring (bicyclic) bond motifs is 1. The molecule has 0 bridgehead atoms. The summed E-state index contributed by atoms with van der Waals surface area (Å²) in [5.74, 6) is -0.284. The fraction of sp³-hybridized carbons (Fsp3) is 0.609. The van der Waals surface area contributed by atoms with Gasteiger partial charge in [-0.25, -0.2) is 9.59 Å². The van der Waals surface area contributed by atoms with Crippen molar-refractivity contribution in [3.8, 4) is 5.75 Å². The van der Waals surface area contributed by atoms with Crippen molar-refractivity contribution in [2.24, 2.45) is 0 Å². The van der Waals surface area contributed by atoms with Crippen LogP contribution < -0.4 is 4.74 Å². The summed E-state index contributed by atoms with van der Waals surface area (Å²) in [6.07, 6.45) is -0.0859. The molecule has 182 valence electrons. The van der Waals surface area contributed by atoms with Crippen LogP contribution in [0.25, 0.3) is 10.9 Å². The summed E-state index contributed by atoms with van der Waals surface area (Å²) in [5, 5.41) is 25.9. The summed E-state index contributed by atoms with van der Waals surface area (Å²) < 4.78 is 17.6. The van der Waals surface area contributed by atoms with E-state index >= 15 is 0 Å². The average molecular weight is 464 g/mol. The Morgan fingerprint density at radius 3 is 2.36 bits per heavy atom. The van der Waals surface area contributed by atoms with E-state index in [4.69, 9.17) is 14.2 Å². The first-order valence-electron chi connectivity index (χ1n) is 10.8. The van der Waals surface area contributed by atoms with E-state index in [0.717, 1.165) is 5.39 Å². The van der Waals surface area contributed by atoms with Crippen LogP contribution >= 0.6 is 0 Å². The van der Waals surface area contributed by atoms with Gasteiger partial charge in [0.05, 0.1) is 25.2 Å². The monoisotopic (exact) mass is 463 g/mol. The molecule has 2 aromatic rings. The number of carbonyl (C=O) groups is 2. The normalized spacial score (nSPS) is 16.8. The number of aliphatic hydroxyl groups excluding tert-OH is 1. The van der Waals surface area contributed by atoms with Gasteiger partial charge in [0.25, 0.3) is 0 Å². The zero-order valence-corrected chi connectivity index (χ0v) is 20.0. The number of carbonyl (C=O) groups excluding carboxylic acids is 2. The first-order chi connectivity index (χ1) is 15.1. The second-order valence-corrected chi connectivity index (χ2v) is 10.5. The van der Waals surface area contributed by atoms with E-state index in [1.165, 1.54) is 4.90 Å². The number of likely N-dealkylation sites (tertiary alicyclic amines) is 1. The highest BCUT2D eigenvalue weighted by Gasteiger charge is 2.45. The number of benzene rings is 1. The molecule has 1 atom stereocenters. The molecule has 1 aromatic heterocycles.